The van der Waals surface area contributed by atoms with E-state index in [1.54, 1.807) is 24.3 Å². The first-order valence-corrected chi connectivity index (χ1v) is 8.72. The number of halogens is 2. The lowest BCUT2D eigenvalue weighted by Gasteiger charge is -2.15. The molecule has 1 aromatic carbocycles. The number of carbonyl (C=O) groups is 2. The molecule has 0 spiro atoms. The Morgan fingerprint density at radius 2 is 1.86 bits per heavy atom. The van der Waals surface area contributed by atoms with Crippen molar-refractivity contribution in [2.75, 3.05) is 18.4 Å². The third kappa shape index (κ3) is 6.22. The van der Waals surface area contributed by atoms with Crippen LogP contribution < -0.4 is 16.4 Å². The third-order valence-corrected chi connectivity index (χ3v) is 4.48. The molecule has 2 aromatic rings. The fourth-order valence-electron chi connectivity index (χ4n) is 2.84. The van der Waals surface area contributed by atoms with Gasteiger partial charge in [0.1, 0.15) is 0 Å². The number of anilines is 1. The van der Waals surface area contributed by atoms with Crippen LogP contribution >= 0.6 is 24.8 Å². The second-order valence-electron chi connectivity index (χ2n) is 6.46. The summed E-state index contributed by atoms with van der Waals surface area (Å²) in [7, 11) is 1.90. The summed E-state index contributed by atoms with van der Waals surface area (Å²) in [4.78, 5) is 24.9. The Morgan fingerprint density at radius 3 is 2.43 bits per heavy atom. The average molecular weight is 430 g/mol. The van der Waals surface area contributed by atoms with E-state index in [1.165, 1.54) is 0 Å². The van der Waals surface area contributed by atoms with Gasteiger partial charge in [-0.25, -0.2) is 0 Å². The van der Waals surface area contributed by atoms with Gasteiger partial charge in [0.15, 0.2) is 0 Å². The molecule has 1 unspecified atom stereocenters. The van der Waals surface area contributed by atoms with Gasteiger partial charge in [0.05, 0.1) is 16.9 Å². The van der Waals surface area contributed by atoms with Crippen LogP contribution in [-0.4, -0.2) is 34.7 Å². The SMILES string of the molecule is Cc1nn(C)c(C)c1CC(C)C(=O)Nc1ccccc1C(=O)NCCN.Cl.Cl. The predicted octanol–water partition coefficient (Wildman–Crippen LogP) is 2.39. The van der Waals surface area contributed by atoms with E-state index >= 15 is 0 Å². The van der Waals surface area contributed by atoms with Crippen LogP contribution in [0.5, 0.6) is 0 Å². The van der Waals surface area contributed by atoms with Crippen LogP contribution in [0.15, 0.2) is 24.3 Å². The Kier molecular flexibility index (Phi) is 10.8. The number of hydrogen-bond donors (Lipinski definition) is 3. The summed E-state index contributed by atoms with van der Waals surface area (Å²) in [5.74, 6) is -0.638. The predicted molar refractivity (Wildman–Crippen MR) is 117 cm³/mol. The highest BCUT2D eigenvalue weighted by atomic mass is 35.5. The Balaban J connectivity index is 0.00000364. The number of amides is 2. The molecular formula is C19H29Cl2N5O2. The molecule has 1 heterocycles. The van der Waals surface area contributed by atoms with Crippen LogP contribution in [0.4, 0.5) is 5.69 Å². The topological polar surface area (TPSA) is 102 Å². The van der Waals surface area contributed by atoms with Crippen molar-refractivity contribution in [1.29, 1.82) is 0 Å². The number of aryl methyl sites for hydroxylation is 2. The first-order valence-electron chi connectivity index (χ1n) is 8.72. The molecule has 0 aliphatic rings. The molecule has 0 saturated heterocycles. The number of nitrogens with one attached hydrogen (secondary N) is 2. The highest BCUT2D eigenvalue weighted by Gasteiger charge is 2.20. The van der Waals surface area contributed by atoms with E-state index in [1.807, 2.05) is 32.5 Å². The Bertz CT molecular complexity index is 808. The smallest absolute Gasteiger partial charge is 0.253 e. The fraction of sp³-hybridized carbons (Fsp3) is 0.421. The van der Waals surface area contributed by atoms with E-state index in [2.05, 4.69) is 15.7 Å². The fourth-order valence-corrected chi connectivity index (χ4v) is 2.84. The lowest BCUT2D eigenvalue weighted by Crippen LogP contribution is -2.30. The highest BCUT2D eigenvalue weighted by Crippen LogP contribution is 2.20. The number of benzene rings is 1. The minimum Gasteiger partial charge on any atom is -0.351 e. The van der Waals surface area contributed by atoms with Crippen molar-refractivity contribution in [2.24, 2.45) is 18.7 Å². The van der Waals surface area contributed by atoms with E-state index in [-0.39, 0.29) is 42.5 Å². The van der Waals surface area contributed by atoms with Gasteiger partial charge in [0.25, 0.3) is 5.91 Å². The van der Waals surface area contributed by atoms with Crippen LogP contribution in [0.3, 0.4) is 0 Å². The molecule has 0 aliphatic carbocycles. The largest absolute Gasteiger partial charge is 0.351 e. The molecule has 28 heavy (non-hydrogen) atoms. The summed E-state index contributed by atoms with van der Waals surface area (Å²) in [5.41, 5.74) is 9.43. The Morgan fingerprint density at radius 1 is 1.21 bits per heavy atom. The number of carbonyl (C=O) groups excluding carboxylic acids is 2. The van der Waals surface area contributed by atoms with Crippen molar-refractivity contribution in [3.05, 3.63) is 46.8 Å². The van der Waals surface area contributed by atoms with Gasteiger partial charge in [-0.1, -0.05) is 19.1 Å². The van der Waals surface area contributed by atoms with Gasteiger partial charge in [0.2, 0.25) is 5.91 Å². The molecule has 4 N–H and O–H groups in total. The number of nitrogens with two attached hydrogens (primary N) is 1. The average Bonchev–Trinajstić information content (AvgIpc) is 2.86. The molecule has 0 saturated carbocycles. The lowest BCUT2D eigenvalue weighted by atomic mass is 9.98. The summed E-state index contributed by atoms with van der Waals surface area (Å²) in [6.07, 6.45) is 0.596. The number of para-hydroxylation sites is 1. The van der Waals surface area contributed by atoms with E-state index in [4.69, 9.17) is 5.73 Å². The van der Waals surface area contributed by atoms with Gasteiger partial charge in [-0.15, -0.1) is 24.8 Å². The van der Waals surface area contributed by atoms with Crippen molar-refractivity contribution >= 4 is 42.3 Å². The van der Waals surface area contributed by atoms with Crippen molar-refractivity contribution in [3.63, 3.8) is 0 Å². The van der Waals surface area contributed by atoms with E-state index < -0.39 is 0 Å². The second kappa shape index (κ2) is 11.7. The third-order valence-electron chi connectivity index (χ3n) is 4.48. The molecule has 2 amide bonds. The minimum absolute atomic E-state index is 0. The summed E-state index contributed by atoms with van der Waals surface area (Å²) in [6.45, 7) is 6.57. The molecule has 0 radical (unpaired) electrons. The first kappa shape index (κ1) is 25.9. The van der Waals surface area contributed by atoms with Crippen LogP contribution in [0, 0.1) is 19.8 Å². The maximum absolute atomic E-state index is 12.6. The number of rotatable bonds is 7. The number of aromatic nitrogens is 2. The molecule has 0 fully saturated rings. The molecule has 156 valence electrons. The van der Waals surface area contributed by atoms with E-state index in [0.717, 1.165) is 17.0 Å². The van der Waals surface area contributed by atoms with Crippen LogP contribution in [0.1, 0.15) is 34.2 Å². The Hall–Kier alpha value is -2.09. The zero-order chi connectivity index (χ0) is 19.3. The van der Waals surface area contributed by atoms with Gasteiger partial charge in [-0.2, -0.15) is 5.10 Å². The van der Waals surface area contributed by atoms with Gasteiger partial charge in [-0.3, -0.25) is 14.3 Å². The van der Waals surface area contributed by atoms with Gasteiger partial charge >= 0.3 is 0 Å². The van der Waals surface area contributed by atoms with Crippen LogP contribution in [0.2, 0.25) is 0 Å². The van der Waals surface area contributed by atoms with Gasteiger partial charge in [-0.05, 0) is 38.0 Å². The molecule has 1 atom stereocenters. The normalized spacial score (nSPS) is 11.0. The van der Waals surface area contributed by atoms with Crippen molar-refractivity contribution in [1.82, 2.24) is 15.1 Å². The standard InChI is InChI=1S/C19H27N5O2.2ClH/c1-12(11-16-13(2)23-24(4)14(16)3)18(25)22-17-8-6-5-7-15(17)19(26)21-10-9-20;;/h5-8,12H,9-11,20H2,1-4H3,(H,21,26)(H,22,25);2*1H. The van der Waals surface area contributed by atoms with Gasteiger partial charge in [0, 0.05) is 31.7 Å². The summed E-state index contributed by atoms with van der Waals surface area (Å²) in [6, 6.07) is 6.96. The van der Waals surface area contributed by atoms with Gasteiger partial charge < -0.3 is 16.4 Å². The van der Waals surface area contributed by atoms with Crippen LogP contribution in [0.25, 0.3) is 0 Å². The number of nitrogens with zero attached hydrogens (tertiary/aromatic N) is 2. The second-order valence-corrected chi connectivity index (χ2v) is 6.46. The van der Waals surface area contributed by atoms with E-state index in [9.17, 15) is 9.59 Å². The Labute approximate surface area is 178 Å². The van der Waals surface area contributed by atoms with E-state index in [0.29, 0.717) is 30.8 Å². The zero-order valence-corrected chi connectivity index (χ0v) is 18.2. The van der Waals surface area contributed by atoms with Crippen molar-refractivity contribution < 1.29 is 9.59 Å². The summed E-state index contributed by atoms with van der Waals surface area (Å²) in [5, 5.41) is 9.99. The van der Waals surface area contributed by atoms with Crippen LogP contribution in [-0.2, 0) is 18.3 Å². The minimum atomic E-state index is -0.253. The molecule has 0 aliphatic heterocycles. The molecule has 2 rings (SSSR count). The van der Waals surface area contributed by atoms with Crippen molar-refractivity contribution in [2.45, 2.75) is 27.2 Å². The lowest BCUT2D eigenvalue weighted by molar-refractivity contribution is -0.119. The summed E-state index contributed by atoms with van der Waals surface area (Å²) >= 11 is 0. The summed E-state index contributed by atoms with van der Waals surface area (Å²) < 4.78 is 1.83. The zero-order valence-electron chi connectivity index (χ0n) is 16.6. The monoisotopic (exact) mass is 429 g/mol. The molecular weight excluding hydrogens is 401 g/mol. The molecule has 7 nitrogen and oxygen atoms in total. The molecule has 0 bridgehead atoms. The van der Waals surface area contributed by atoms with Crippen molar-refractivity contribution in [3.8, 4) is 0 Å². The maximum atomic E-state index is 12.6. The first-order chi connectivity index (χ1) is 12.3. The highest BCUT2D eigenvalue weighted by molar-refractivity contribution is 6.04. The quantitative estimate of drug-likeness (QED) is 0.628. The molecule has 1 aromatic heterocycles. The molecule has 9 heteroatoms. The number of hydrogen-bond acceptors (Lipinski definition) is 4. The maximum Gasteiger partial charge on any atom is 0.253 e.